The maximum Gasteiger partial charge on any atom is 0.177 e. The number of halogens is 1. The predicted octanol–water partition coefficient (Wildman–Crippen LogP) is 6.14. The molecular weight excluding hydrogens is 387 g/mol. The lowest BCUT2D eigenvalue weighted by Gasteiger charge is -2.27. The van der Waals surface area contributed by atoms with E-state index in [9.17, 15) is 4.39 Å². The molecule has 1 aliphatic carbocycles. The van der Waals surface area contributed by atoms with Gasteiger partial charge in [-0.1, -0.05) is 55.8 Å². The van der Waals surface area contributed by atoms with Gasteiger partial charge in [0, 0.05) is 23.7 Å². The number of hydrogen-bond donors (Lipinski definition) is 0. The van der Waals surface area contributed by atoms with Gasteiger partial charge in [-0.15, -0.1) is 0 Å². The Morgan fingerprint density at radius 2 is 1.84 bits per heavy atom. The summed E-state index contributed by atoms with van der Waals surface area (Å²) in [5, 5.41) is 4.91. The van der Waals surface area contributed by atoms with E-state index in [1.165, 1.54) is 24.5 Å². The zero-order valence-electron chi connectivity index (χ0n) is 18.2. The molecule has 5 heteroatoms. The molecule has 0 amide bonds. The fourth-order valence-electron chi connectivity index (χ4n) is 4.10. The molecular formula is C26H27FN4. The SMILES string of the molecule is Cc1ccc(-c2cnc3c(N(CC(C)C)C4CC4)cc(-c4cccc(F)c4)nn23)cc1. The van der Waals surface area contributed by atoms with Crippen LogP contribution >= 0.6 is 0 Å². The summed E-state index contributed by atoms with van der Waals surface area (Å²) in [4.78, 5) is 7.26. The number of aryl methyl sites for hydroxylation is 1. The highest BCUT2D eigenvalue weighted by molar-refractivity contribution is 5.78. The Labute approximate surface area is 182 Å². The normalized spacial score (nSPS) is 13.8. The van der Waals surface area contributed by atoms with Gasteiger partial charge in [0.2, 0.25) is 0 Å². The number of benzene rings is 2. The first-order valence-corrected chi connectivity index (χ1v) is 11.0. The van der Waals surface area contributed by atoms with Crippen molar-refractivity contribution in [2.45, 2.75) is 39.7 Å². The van der Waals surface area contributed by atoms with E-state index in [1.807, 2.05) is 16.8 Å². The average Bonchev–Trinajstić information content (AvgIpc) is 3.51. The monoisotopic (exact) mass is 414 g/mol. The number of anilines is 1. The zero-order chi connectivity index (χ0) is 21.5. The summed E-state index contributed by atoms with van der Waals surface area (Å²) in [6, 6.07) is 17.7. The predicted molar refractivity (Wildman–Crippen MR) is 124 cm³/mol. The first kappa shape index (κ1) is 19.7. The molecule has 158 valence electrons. The van der Waals surface area contributed by atoms with Crippen LogP contribution < -0.4 is 4.90 Å². The minimum atomic E-state index is -0.258. The fourth-order valence-corrected chi connectivity index (χ4v) is 4.10. The van der Waals surface area contributed by atoms with Crippen LogP contribution in [0.25, 0.3) is 28.2 Å². The molecule has 2 aromatic heterocycles. The van der Waals surface area contributed by atoms with Gasteiger partial charge < -0.3 is 4.90 Å². The molecule has 0 bridgehead atoms. The quantitative estimate of drug-likeness (QED) is 0.380. The van der Waals surface area contributed by atoms with Gasteiger partial charge in [0.05, 0.1) is 23.3 Å². The molecule has 4 aromatic rings. The highest BCUT2D eigenvalue weighted by Gasteiger charge is 2.32. The molecule has 31 heavy (non-hydrogen) atoms. The minimum absolute atomic E-state index is 0.258. The largest absolute Gasteiger partial charge is 0.365 e. The number of hydrogen-bond acceptors (Lipinski definition) is 3. The van der Waals surface area contributed by atoms with Crippen molar-refractivity contribution in [3.63, 3.8) is 0 Å². The number of aromatic nitrogens is 3. The van der Waals surface area contributed by atoms with E-state index in [4.69, 9.17) is 10.1 Å². The van der Waals surface area contributed by atoms with Gasteiger partial charge >= 0.3 is 0 Å². The summed E-state index contributed by atoms with van der Waals surface area (Å²) < 4.78 is 15.9. The van der Waals surface area contributed by atoms with Gasteiger partial charge in [-0.3, -0.25) is 0 Å². The van der Waals surface area contributed by atoms with Gasteiger partial charge in [0.15, 0.2) is 5.65 Å². The summed E-state index contributed by atoms with van der Waals surface area (Å²) in [6.45, 7) is 7.52. The van der Waals surface area contributed by atoms with Gasteiger partial charge in [0.1, 0.15) is 5.82 Å². The number of fused-ring (bicyclic) bond motifs is 1. The molecule has 0 saturated heterocycles. The van der Waals surface area contributed by atoms with E-state index in [1.54, 1.807) is 12.1 Å². The van der Waals surface area contributed by atoms with Crippen LogP contribution in [0.1, 0.15) is 32.3 Å². The number of nitrogens with zero attached hydrogens (tertiary/aromatic N) is 4. The molecule has 2 aromatic carbocycles. The molecule has 0 atom stereocenters. The lowest BCUT2D eigenvalue weighted by Crippen LogP contribution is -2.30. The molecule has 0 aliphatic heterocycles. The minimum Gasteiger partial charge on any atom is -0.365 e. The third kappa shape index (κ3) is 3.92. The van der Waals surface area contributed by atoms with Crippen LogP contribution in [0.2, 0.25) is 0 Å². The Morgan fingerprint density at radius 3 is 2.52 bits per heavy atom. The van der Waals surface area contributed by atoms with Gasteiger partial charge in [-0.25, -0.2) is 13.9 Å². The van der Waals surface area contributed by atoms with Crippen molar-refractivity contribution in [2.24, 2.45) is 5.92 Å². The third-order valence-electron chi connectivity index (χ3n) is 5.77. The summed E-state index contributed by atoms with van der Waals surface area (Å²) >= 11 is 0. The first-order chi connectivity index (χ1) is 15.0. The molecule has 0 spiro atoms. The lowest BCUT2D eigenvalue weighted by atomic mass is 10.1. The molecule has 0 unspecified atom stereocenters. The standard InChI is InChI=1S/C26H27FN4/c1-17(2)16-30(22-11-12-22)24-14-23(20-5-4-6-21(27)13-20)29-31-25(15-28-26(24)31)19-9-7-18(3)8-10-19/h4-10,13-15,17,22H,11-12,16H2,1-3H3. The van der Waals surface area contributed by atoms with E-state index in [2.05, 4.69) is 56.0 Å². The topological polar surface area (TPSA) is 33.4 Å². The van der Waals surface area contributed by atoms with E-state index >= 15 is 0 Å². The number of imidazole rings is 1. The Balaban J connectivity index is 1.73. The maximum atomic E-state index is 14.0. The molecule has 1 fully saturated rings. The van der Waals surface area contributed by atoms with E-state index in [-0.39, 0.29) is 5.82 Å². The summed E-state index contributed by atoms with van der Waals surface area (Å²) in [5.74, 6) is 0.268. The highest BCUT2D eigenvalue weighted by atomic mass is 19.1. The molecule has 2 heterocycles. The lowest BCUT2D eigenvalue weighted by molar-refractivity contribution is 0.607. The highest BCUT2D eigenvalue weighted by Crippen LogP contribution is 2.37. The molecule has 0 radical (unpaired) electrons. The Hall–Kier alpha value is -3.21. The number of rotatable bonds is 6. The van der Waals surface area contributed by atoms with Crippen molar-refractivity contribution >= 4 is 11.3 Å². The van der Waals surface area contributed by atoms with E-state index in [0.717, 1.165) is 40.4 Å². The van der Waals surface area contributed by atoms with Crippen LogP contribution in [0.15, 0.2) is 60.8 Å². The van der Waals surface area contributed by atoms with Gasteiger partial charge in [-0.05, 0) is 43.9 Å². The fraction of sp³-hybridized carbons (Fsp3) is 0.308. The van der Waals surface area contributed by atoms with E-state index < -0.39 is 0 Å². The molecule has 1 saturated carbocycles. The molecule has 1 aliphatic rings. The smallest absolute Gasteiger partial charge is 0.177 e. The van der Waals surface area contributed by atoms with Crippen LogP contribution in [-0.4, -0.2) is 27.2 Å². The van der Waals surface area contributed by atoms with Crippen molar-refractivity contribution in [1.82, 2.24) is 14.6 Å². The Morgan fingerprint density at radius 1 is 1.06 bits per heavy atom. The van der Waals surface area contributed by atoms with Crippen LogP contribution in [0, 0.1) is 18.7 Å². The summed E-state index contributed by atoms with van der Waals surface area (Å²) in [7, 11) is 0. The summed E-state index contributed by atoms with van der Waals surface area (Å²) in [5.41, 5.74) is 6.66. The second-order valence-corrected chi connectivity index (χ2v) is 8.95. The maximum absolute atomic E-state index is 14.0. The Kier molecular flexibility index (Phi) is 4.97. The zero-order valence-corrected chi connectivity index (χ0v) is 18.2. The van der Waals surface area contributed by atoms with Crippen molar-refractivity contribution in [3.05, 3.63) is 72.2 Å². The van der Waals surface area contributed by atoms with Crippen molar-refractivity contribution in [2.75, 3.05) is 11.4 Å². The molecule has 5 rings (SSSR count). The van der Waals surface area contributed by atoms with Crippen LogP contribution in [0.3, 0.4) is 0 Å². The molecule has 0 N–H and O–H groups in total. The van der Waals surface area contributed by atoms with Crippen LogP contribution in [-0.2, 0) is 0 Å². The first-order valence-electron chi connectivity index (χ1n) is 11.0. The second-order valence-electron chi connectivity index (χ2n) is 8.95. The Bertz CT molecular complexity index is 1220. The average molecular weight is 415 g/mol. The van der Waals surface area contributed by atoms with Crippen molar-refractivity contribution in [1.29, 1.82) is 0 Å². The van der Waals surface area contributed by atoms with E-state index in [0.29, 0.717) is 12.0 Å². The van der Waals surface area contributed by atoms with Gasteiger partial charge in [-0.2, -0.15) is 5.10 Å². The van der Waals surface area contributed by atoms with Crippen LogP contribution in [0.4, 0.5) is 10.1 Å². The molecule has 4 nitrogen and oxygen atoms in total. The van der Waals surface area contributed by atoms with Crippen LogP contribution in [0.5, 0.6) is 0 Å². The van der Waals surface area contributed by atoms with Crippen molar-refractivity contribution < 1.29 is 4.39 Å². The van der Waals surface area contributed by atoms with Gasteiger partial charge in [0.25, 0.3) is 0 Å². The van der Waals surface area contributed by atoms with Crippen molar-refractivity contribution in [3.8, 4) is 22.5 Å². The second kappa shape index (κ2) is 7.80. The summed E-state index contributed by atoms with van der Waals surface area (Å²) in [6.07, 6.45) is 4.29. The third-order valence-corrected chi connectivity index (χ3v) is 5.77.